The van der Waals surface area contributed by atoms with E-state index in [2.05, 4.69) is 127 Å². The van der Waals surface area contributed by atoms with Gasteiger partial charge in [-0.05, 0) is 48.7 Å². The normalized spacial score (nSPS) is 13.1. The minimum absolute atomic E-state index is 0.902. The van der Waals surface area contributed by atoms with Crippen molar-refractivity contribution >= 4 is 49.2 Å². The highest BCUT2D eigenvalue weighted by Gasteiger charge is 2.13. The van der Waals surface area contributed by atoms with Gasteiger partial charge in [-0.25, -0.2) is 19.9 Å². The Hall–Kier alpha value is -6.00. The van der Waals surface area contributed by atoms with Crippen LogP contribution in [-0.4, -0.2) is 19.9 Å². The molecular weight excluding hydrogens is 560 g/mol. The summed E-state index contributed by atoms with van der Waals surface area (Å²) in [4.78, 5) is 20.6. The molecule has 1 aliphatic carbocycles. The zero-order chi connectivity index (χ0) is 30.5. The fourth-order valence-corrected chi connectivity index (χ4v) is 6.46. The quantitative estimate of drug-likeness (QED) is 0.192. The number of pyridine rings is 4. The molecule has 0 unspecified atom stereocenters. The van der Waals surface area contributed by atoms with Crippen LogP contribution < -0.4 is 0 Å². The summed E-state index contributed by atoms with van der Waals surface area (Å²) < 4.78 is 0. The summed E-state index contributed by atoms with van der Waals surface area (Å²) in [7, 11) is 0. The molecule has 1 aliphatic rings. The molecule has 0 atom stereocenters. The van der Waals surface area contributed by atoms with E-state index in [1.807, 2.05) is 18.2 Å². The third kappa shape index (κ3) is 4.63. The Morgan fingerprint density at radius 3 is 1.33 bits per heavy atom. The van der Waals surface area contributed by atoms with E-state index < -0.39 is 0 Å². The summed E-state index contributed by atoms with van der Waals surface area (Å²) in [5.41, 5.74) is 11.9. The third-order valence-corrected chi connectivity index (χ3v) is 8.91. The van der Waals surface area contributed by atoms with Crippen molar-refractivity contribution in [1.82, 2.24) is 19.9 Å². The monoisotopic (exact) mass is 588 g/mol. The molecule has 4 aromatic heterocycles. The SMILES string of the molecule is C1=CCCC(c2ccc3ccc4ccc(-c5cccc(-c6ccc7ccc8ccc(-c9ccccc9)nc8c7n6)c5)nc4c3n2)=C1. The molecule has 8 aromatic rings. The minimum atomic E-state index is 0.902. The minimum Gasteiger partial charge on any atom is -0.246 e. The van der Waals surface area contributed by atoms with Crippen molar-refractivity contribution < 1.29 is 0 Å². The standard InChI is InChI=1S/C42H28N4/c1-3-8-27(9-4-1)35-22-18-29-14-16-31-20-24-37(45-41(31)39(29)43-35)33-12-7-13-34(26-33)38-25-21-32-17-15-30-19-23-36(28-10-5-2-6-11-28)44-40(30)42(32)46-38/h1-5,7-10,12-26H,6,11H2. The molecule has 0 radical (unpaired) electrons. The molecule has 216 valence electrons. The molecular formula is C42H28N4. The van der Waals surface area contributed by atoms with Crippen LogP contribution >= 0.6 is 0 Å². The van der Waals surface area contributed by atoms with Crippen LogP contribution in [0.25, 0.3) is 83.0 Å². The Kier molecular flexibility index (Phi) is 6.24. The summed E-state index contributed by atoms with van der Waals surface area (Å²) in [5, 5.41) is 4.32. The highest BCUT2D eigenvalue weighted by atomic mass is 14.8. The van der Waals surface area contributed by atoms with E-state index in [1.54, 1.807) is 0 Å². The zero-order valence-electron chi connectivity index (χ0n) is 25.1. The largest absolute Gasteiger partial charge is 0.246 e. The van der Waals surface area contributed by atoms with Crippen molar-refractivity contribution in [2.45, 2.75) is 12.8 Å². The fraction of sp³-hybridized carbons (Fsp3) is 0.0476. The van der Waals surface area contributed by atoms with Crippen molar-refractivity contribution in [1.29, 1.82) is 0 Å². The van der Waals surface area contributed by atoms with Crippen LogP contribution in [0.2, 0.25) is 0 Å². The van der Waals surface area contributed by atoms with Crippen molar-refractivity contribution in [2.75, 3.05) is 0 Å². The maximum absolute atomic E-state index is 5.20. The highest BCUT2D eigenvalue weighted by molar-refractivity contribution is 6.05. The van der Waals surface area contributed by atoms with Crippen LogP contribution in [0, 0.1) is 0 Å². The number of hydrogen-bond acceptors (Lipinski definition) is 4. The Morgan fingerprint density at radius 1 is 0.391 bits per heavy atom. The smallest absolute Gasteiger partial charge is 0.0972 e. The van der Waals surface area contributed by atoms with Gasteiger partial charge in [0.1, 0.15) is 0 Å². The van der Waals surface area contributed by atoms with Crippen LogP contribution in [0.4, 0.5) is 0 Å². The molecule has 4 aromatic carbocycles. The molecule has 0 fully saturated rings. The van der Waals surface area contributed by atoms with E-state index in [4.69, 9.17) is 19.9 Å². The molecule has 4 nitrogen and oxygen atoms in total. The van der Waals surface area contributed by atoms with Gasteiger partial charge in [-0.2, -0.15) is 0 Å². The molecule has 4 heteroatoms. The summed E-state index contributed by atoms with van der Waals surface area (Å²) in [5.74, 6) is 0. The predicted molar refractivity (Wildman–Crippen MR) is 190 cm³/mol. The van der Waals surface area contributed by atoms with Gasteiger partial charge in [0.2, 0.25) is 0 Å². The van der Waals surface area contributed by atoms with Crippen LogP contribution in [0.5, 0.6) is 0 Å². The topological polar surface area (TPSA) is 51.6 Å². The first-order valence-electron chi connectivity index (χ1n) is 15.7. The Morgan fingerprint density at radius 2 is 0.826 bits per heavy atom. The first kappa shape index (κ1) is 26.4. The van der Waals surface area contributed by atoms with Gasteiger partial charge < -0.3 is 0 Å². The molecule has 0 spiro atoms. The maximum Gasteiger partial charge on any atom is 0.0972 e. The lowest BCUT2D eigenvalue weighted by Gasteiger charge is -2.11. The van der Waals surface area contributed by atoms with E-state index in [9.17, 15) is 0 Å². The molecule has 0 amide bonds. The van der Waals surface area contributed by atoms with Gasteiger partial charge in [0.05, 0.1) is 44.8 Å². The molecule has 0 aliphatic heterocycles. The first-order valence-corrected chi connectivity index (χ1v) is 15.7. The lowest BCUT2D eigenvalue weighted by Crippen LogP contribution is -1.95. The lowest BCUT2D eigenvalue weighted by atomic mass is 10.00. The van der Waals surface area contributed by atoms with Crippen molar-refractivity contribution in [2.24, 2.45) is 0 Å². The average Bonchev–Trinajstić information content (AvgIpc) is 3.14. The third-order valence-electron chi connectivity index (χ3n) is 8.91. The van der Waals surface area contributed by atoms with Crippen LogP contribution in [0.3, 0.4) is 0 Å². The Labute approximate surface area is 266 Å². The van der Waals surface area contributed by atoms with Crippen LogP contribution in [-0.2, 0) is 0 Å². The van der Waals surface area contributed by atoms with Gasteiger partial charge in [-0.3, -0.25) is 0 Å². The average molecular weight is 589 g/mol. The first-order chi connectivity index (χ1) is 22.8. The van der Waals surface area contributed by atoms with E-state index >= 15 is 0 Å². The van der Waals surface area contributed by atoms with E-state index in [1.165, 1.54) is 5.57 Å². The molecule has 4 heterocycles. The Balaban J connectivity index is 1.14. The van der Waals surface area contributed by atoms with Gasteiger partial charge in [0.25, 0.3) is 0 Å². The van der Waals surface area contributed by atoms with Gasteiger partial charge in [0.15, 0.2) is 0 Å². The van der Waals surface area contributed by atoms with E-state index in [-0.39, 0.29) is 0 Å². The molecule has 0 bridgehead atoms. The second kappa shape index (κ2) is 10.9. The molecule has 0 saturated heterocycles. The number of allylic oxidation sites excluding steroid dienone is 4. The highest BCUT2D eigenvalue weighted by Crippen LogP contribution is 2.32. The summed E-state index contributed by atoms with van der Waals surface area (Å²) >= 11 is 0. The number of nitrogens with zero attached hydrogens (tertiary/aromatic N) is 4. The molecule has 9 rings (SSSR count). The second-order valence-corrected chi connectivity index (χ2v) is 11.8. The molecule has 0 saturated carbocycles. The van der Waals surface area contributed by atoms with Gasteiger partial charge in [-0.15, -0.1) is 0 Å². The number of hydrogen-bond donors (Lipinski definition) is 0. The number of benzene rings is 4. The van der Waals surface area contributed by atoms with Crippen LogP contribution in [0.1, 0.15) is 18.5 Å². The Bertz CT molecular complexity index is 2530. The van der Waals surface area contributed by atoms with Crippen molar-refractivity contribution in [3.05, 3.63) is 151 Å². The van der Waals surface area contributed by atoms with Crippen molar-refractivity contribution in [3.63, 3.8) is 0 Å². The van der Waals surface area contributed by atoms with Gasteiger partial charge in [-0.1, -0.05) is 115 Å². The van der Waals surface area contributed by atoms with Crippen LogP contribution in [0.15, 0.2) is 146 Å². The summed E-state index contributed by atoms with van der Waals surface area (Å²) in [6, 6.07) is 44.3. The summed E-state index contributed by atoms with van der Waals surface area (Å²) in [6.07, 6.45) is 8.56. The number of fused-ring (bicyclic) bond motifs is 6. The van der Waals surface area contributed by atoms with Gasteiger partial charge >= 0.3 is 0 Å². The summed E-state index contributed by atoms with van der Waals surface area (Å²) in [6.45, 7) is 0. The maximum atomic E-state index is 5.20. The number of rotatable bonds is 4. The number of aromatic nitrogens is 4. The molecule has 46 heavy (non-hydrogen) atoms. The fourth-order valence-electron chi connectivity index (χ4n) is 6.46. The zero-order valence-corrected chi connectivity index (χ0v) is 25.1. The van der Waals surface area contributed by atoms with Gasteiger partial charge in [0, 0.05) is 38.2 Å². The predicted octanol–water partition coefficient (Wildman–Crippen LogP) is 10.6. The van der Waals surface area contributed by atoms with E-state index in [0.717, 1.165) is 95.9 Å². The van der Waals surface area contributed by atoms with Crippen molar-refractivity contribution in [3.8, 4) is 33.8 Å². The second-order valence-electron chi connectivity index (χ2n) is 11.8. The lowest BCUT2D eigenvalue weighted by molar-refractivity contribution is 1.04. The molecule has 0 N–H and O–H groups in total. The van der Waals surface area contributed by atoms with E-state index in [0.29, 0.717) is 0 Å².